The summed E-state index contributed by atoms with van der Waals surface area (Å²) >= 11 is 0. The van der Waals surface area contributed by atoms with Gasteiger partial charge in [0.2, 0.25) is 5.91 Å². The first-order chi connectivity index (χ1) is 38.8. The third kappa shape index (κ3) is 48.5. The maximum Gasteiger partial charge on any atom is 0.220 e. The van der Waals surface area contributed by atoms with Crippen LogP contribution >= 0.6 is 0 Å². The highest BCUT2D eigenvalue weighted by Crippen LogP contribution is 2.23. The number of hydrogen-bond donors (Lipinski definition) is 6. The molecule has 1 amide bonds. The molecule has 0 aromatic carbocycles. The van der Waals surface area contributed by atoms with Crippen LogP contribution in [0.4, 0.5) is 0 Å². The van der Waals surface area contributed by atoms with Crippen LogP contribution in [0.2, 0.25) is 0 Å². The first-order valence-electron chi connectivity index (χ1n) is 34.7. The average Bonchev–Trinajstić information content (AvgIpc) is 3.47. The second-order valence-electron chi connectivity index (χ2n) is 24.3. The molecule has 1 rings (SSSR count). The van der Waals surface area contributed by atoms with Crippen molar-refractivity contribution >= 4 is 5.91 Å². The van der Waals surface area contributed by atoms with Gasteiger partial charge in [0, 0.05) is 6.42 Å². The molecule has 1 fully saturated rings. The summed E-state index contributed by atoms with van der Waals surface area (Å²) in [4.78, 5) is 13.1. The average molecular weight is 1120 g/mol. The highest BCUT2D eigenvalue weighted by molar-refractivity contribution is 5.76. The Morgan fingerprint density at radius 3 is 1.06 bits per heavy atom. The Hall–Kier alpha value is -1.59. The van der Waals surface area contributed by atoms with E-state index in [9.17, 15) is 30.3 Å². The lowest BCUT2D eigenvalue weighted by molar-refractivity contribution is -0.302. The summed E-state index contributed by atoms with van der Waals surface area (Å²) in [5, 5.41) is 54.6. The maximum atomic E-state index is 13.1. The number of allylic oxidation sites excluding steroid dienone is 5. The fourth-order valence-corrected chi connectivity index (χ4v) is 11.2. The monoisotopic (exact) mass is 1120 g/mol. The maximum absolute atomic E-state index is 13.1. The summed E-state index contributed by atoms with van der Waals surface area (Å²) in [6, 6.07) is -0.821. The number of aliphatic hydroxyl groups excluding tert-OH is 5. The van der Waals surface area contributed by atoms with Gasteiger partial charge in [0.1, 0.15) is 24.4 Å². The number of aliphatic hydroxyl groups is 5. The molecule has 79 heavy (non-hydrogen) atoms. The van der Waals surface area contributed by atoms with Crippen molar-refractivity contribution < 1.29 is 39.8 Å². The van der Waals surface area contributed by atoms with Crippen LogP contribution in [0.3, 0.4) is 0 Å². The van der Waals surface area contributed by atoms with E-state index < -0.39 is 49.5 Å². The minimum Gasteiger partial charge on any atom is -0.394 e. The van der Waals surface area contributed by atoms with Gasteiger partial charge in [-0.2, -0.15) is 0 Å². The van der Waals surface area contributed by atoms with E-state index in [0.717, 1.165) is 38.5 Å². The van der Waals surface area contributed by atoms with Crippen molar-refractivity contribution in [3.63, 3.8) is 0 Å². The fraction of sp³-hybridized carbons (Fsp3) is 0.900. The Kier molecular flexibility index (Phi) is 56.9. The molecule has 7 unspecified atom stereocenters. The fourth-order valence-electron chi connectivity index (χ4n) is 11.2. The van der Waals surface area contributed by atoms with Gasteiger partial charge in [0.15, 0.2) is 6.29 Å². The van der Waals surface area contributed by atoms with Crippen LogP contribution in [-0.4, -0.2) is 87.5 Å². The molecule has 0 saturated carbocycles. The van der Waals surface area contributed by atoms with Crippen molar-refractivity contribution in [2.75, 3.05) is 13.2 Å². The lowest BCUT2D eigenvalue weighted by Crippen LogP contribution is -2.60. The summed E-state index contributed by atoms with van der Waals surface area (Å²) in [5.74, 6) is -0.181. The van der Waals surface area contributed by atoms with Gasteiger partial charge in [-0.1, -0.05) is 320 Å². The Morgan fingerprint density at radius 1 is 0.418 bits per heavy atom. The van der Waals surface area contributed by atoms with Crippen molar-refractivity contribution in [2.45, 2.75) is 391 Å². The molecule has 9 nitrogen and oxygen atoms in total. The summed E-state index contributed by atoms with van der Waals surface area (Å²) in [7, 11) is 0. The number of amides is 1. The number of rotatable bonds is 61. The predicted molar refractivity (Wildman–Crippen MR) is 337 cm³/mol. The summed E-state index contributed by atoms with van der Waals surface area (Å²) in [6.07, 6.45) is 72.7. The van der Waals surface area contributed by atoms with Crippen molar-refractivity contribution in [3.8, 4) is 0 Å². The van der Waals surface area contributed by atoms with E-state index in [4.69, 9.17) is 9.47 Å². The summed E-state index contributed by atoms with van der Waals surface area (Å²) in [5.41, 5.74) is 0. The van der Waals surface area contributed by atoms with E-state index >= 15 is 0 Å². The molecule has 0 bridgehead atoms. The third-order valence-corrected chi connectivity index (χ3v) is 16.7. The van der Waals surface area contributed by atoms with Gasteiger partial charge in [-0.15, -0.1) is 0 Å². The van der Waals surface area contributed by atoms with E-state index in [1.54, 1.807) is 6.08 Å². The molecule has 7 atom stereocenters. The van der Waals surface area contributed by atoms with Crippen LogP contribution in [0, 0.1) is 0 Å². The second kappa shape index (κ2) is 59.6. The van der Waals surface area contributed by atoms with Crippen LogP contribution in [0.1, 0.15) is 348 Å². The van der Waals surface area contributed by atoms with Crippen LogP contribution < -0.4 is 5.32 Å². The summed E-state index contributed by atoms with van der Waals surface area (Å²) < 4.78 is 11.3. The number of carbonyl (C=O) groups excluding carboxylic acids is 1. The molecule has 0 aliphatic carbocycles. The molecule has 1 aliphatic rings. The number of carbonyl (C=O) groups is 1. The van der Waals surface area contributed by atoms with E-state index in [2.05, 4.69) is 43.5 Å². The van der Waals surface area contributed by atoms with Gasteiger partial charge in [0.05, 0.1) is 25.4 Å². The molecular formula is C70H133NO8. The Bertz CT molecular complexity index is 1340. The minimum absolute atomic E-state index is 0.181. The van der Waals surface area contributed by atoms with Crippen molar-refractivity contribution in [2.24, 2.45) is 0 Å². The molecule has 1 aliphatic heterocycles. The molecule has 0 aromatic heterocycles. The smallest absolute Gasteiger partial charge is 0.220 e. The van der Waals surface area contributed by atoms with Crippen LogP contribution in [0.5, 0.6) is 0 Å². The summed E-state index contributed by atoms with van der Waals surface area (Å²) in [6.45, 7) is 3.80. The zero-order valence-corrected chi connectivity index (χ0v) is 52.2. The highest BCUT2D eigenvalue weighted by atomic mass is 16.7. The van der Waals surface area contributed by atoms with Crippen LogP contribution in [0.15, 0.2) is 36.5 Å². The first-order valence-corrected chi connectivity index (χ1v) is 34.7. The Labute approximate surface area is 489 Å². The molecule has 0 radical (unpaired) electrons. The van der Waals surface area contributed by atoms with Crippen molar-refractivity contribution in [1.29, 1.82) is 0 Å². The number of nitrogens with one attached hydrogen (secondary N) is 1. The Morgan fingerprint density at radius 2 is 0.722 bits per heavy atom. The van der Waals surface area contributed by atoms with E-state index in [0.29, 0.717) is 6.42 Å². The number of unbranched alkanes of at least 4 members (excludes halogenated alkanes) is 47. The molecule has 0 spiro atoms. The van der Waals surface area contributed by atoms with Gasteiger partial charge in [-0.3, -0.25) is 4.79 Å². The van der Waals surface area contributed by atoms with Crippen LogP contribution in [-0.2, 0) is 14.3 Å². The first kappa shape index (κ1) is 75.4. The third-order valence-electron chi connectivity index (χ3n) is 16.7. The predicted octanol–water partition coefficient (Wildman–Crippen LogP) is 18.6. The molecule has 1 heterocycles. The quantitative estimate of drug-likeness (QED) is 0.0261. The van der Waals surface area contributed by atoms with Crippen molar-refractivity contribution in [3.05, 3.63) is 36.5 Å². The normalized spacial score (nSPS) is 18.7. The second-order valence-corrected chi connectivity index (χ2v) is 24.3. The number of ether oxygens (including phenoxy) is 2. The number of hydrogen-bond acceptors (Lipinski definition) is 8. The topological polar surface area (TPSA) is 149 Å². The van der Waals surface area contributed by atoms with Crippen molar-refractivity contribution in [1.82, 2.24) is 5.32 Å². The lowest BCUT2D eigenvalue weighted by Gasteiger charge is -2.40. The van der Waals surface area contributed by atoms with Gasteiger partial charge in [-0.25, -0.2) is 0 Å². The molecule has 1 saturated heterocycles. The molecule has 9 heteroatoms. The van der Waals surface area contributed by atoms with E-state index in [1.807, 2.05) is 6.08 Å². The molecular weight excluding hydrogens is 983 g/mol. The van der Waals surface area contributed by atoms with Gasteiger partial charge < -0.3 is 40.3 Å². The Balaban J connectivity index is 2.06. The zero-order valence-electron chi connectivity index (χ0n) is 52.2. The van der Waals surface area contributed by atoms with Gasteiger partial charge in [-0.05, 0) is 57.8 Å². The van der Waals surface area contributed by atoms with E-state index in [-0.39, 0.29) is 12.5 Å². The van der Waals surface area contributed by atoms with E-state index in [1.165, 1.54) is 289 Å². The highest BCUT2D eigenvalue weighted by Gasteiger charge is 2.44. The lowest BCUT2D eigenvalue weighted by atomic mass is 9.99. The van der Waals surface area contributed by atoms with Crippen LogP contribution in [0.25, 0.3) is 0 Å². The minimum atomic E-state index is -1.57. The standard InChI is InChI=1S/C70H133NO8/c1-3-5-7-9-11-13-15-17-19-21-22-23-24-25-26-27-28-29-30-31-32-33-34-35-36-37-38-39-40-41-42-44-46-48-50-52-54-56-58-60-66(74)71-63(62-78-70-69(77)68(76)67(75)65(61-72)79-70)64(73)59-57-55-53-51-49-47-45-43-20-18-16-14-12-10-8-6-4-2/h31-32,49,51,57,59,63-65,67-70,72-73,75-77H,3-30,33-48,50,52-56,58,60-62H2,1-2H3,(H,71,74)/b32-31-,51-49+,59-57+. The SMILES string of the molecule is CCCCCCCCCCCCC/C=C/CC/C=C/C(O)C(COC1OC(CO)C(O)C(O)C1O)NC(=O)CCCCCCCCCCCCCCCCCCC/C=C\CCCCCCCCCCCCCCCCCCCC. The van der Waals surface area contributed by atoms with Gasteiger partial charge >= 0.3 is 0 Å². The zero-order chi connectivity index (χ0) is 57.2. The molecule has 6 N–H and O–H groups in total. The molecule has 0 aromatic rings. The largest absolute Gasteiger partial charge is 0.394 e. The molecule has 466 valence electrons. The van der Waals surface area contributed by atoms with Gasteiger partial charge in [0.25, 0.3) is 0 Å².